The molecule has 2 nitrogen and oxygen atoms in total. The van der Waals surface area contributed by atoms with E-state index < -0.39 is 6.10 Å². The molecule has 0 fully saturated rings. The normalized spacial score (nSPS) is 14.1. The Hall–Kier alpha value is -0.370. The summed E-state index contributed by atoms with van der Waals surface area (Å²) in [5, 5.41) is 8.53. The van der Waals surface area contributed by atoms with Crippen molar-refractivity contribution in [1.82, 2.24) is 0 Å². The second-order valence-electron chi connectivity index (χ2n) is 2.07. The van der Waals surface area contributed by atoms with Crippen molar-refractivity contribution in [2.45, 2.75) is 20.0 Å². The molecule has 1 radical (unpaired) electrons. The Balaban J connectivity index is 3.65. The quantitative estimate of drug-likeness (QED) is 0.565. The first-order valence-electron chi connectivity index (χ1n) is 2.60. The van der Waals surface area contributed by atoms with Crippen LogP contribution in [0.5, 0.6) is 0 Å². The van der Waals surface area contributed by atoms with Crippen molar-refractivity contribution in [3.63, 3.8) is 0 Å². The minimum Gasteiger partial charge on any atom is -0.385 e. The fourth-order valence-corrected chi connectivity index (χ4v) is 0.385. The van der Waals surface area contributed by atoms with Crippen molar-refractivity contribution in [2.75, 3.05) is 0 Å². The predicted octanol–water partition coefficient (Wildman–Crippen LogP) is 0.406. The van der Waals surface area contributed by atoms with Gasteiger partial charge in [0.15, 0.2) is 5.78 Å². The van der Waals surface area contributed by atoms with Crippen LogP contribution in [0.2, 0.25) is 0 Å². The third-order valence-corrected chi connectivity index (χ3v) is 0.897. The molecule has 0 aliphatic heterocycles. The maximum absolute atomic E-state index is 10.5. The molecule has 0 saturated carbocycles. The lowest BCUT2D eigenvalue weighted by atomic mass is 10.1. The van der Waals surface area contributed by atoms with Crippen LogP contribution in [0.25, 0.3) is 0 Å². The summed E-state index contributed by atoms with van der Waals surface area (Å²) in [6.07, 6.45) is -1.05. The average molecular weight is 115 g/mol. The summed E-state index contributed by atoms with van der Waals surface area (Å²) in [5.74, 6) is -0.312. The molecular weight excluding hydrogens is 104 g/mol. The van der Waals surface area contributed by atoms with E-state index in [1.807, 2.05) is 0 Å². The first-order valence-corrected chi connectivity index (χ1v) is 2.60. The van der Waals surface area contributed by atoms with E-state index in [0.29, 0.717) is 0 Å². The monoisotopic (exact) mass is 115 g/mol. The van der Waals surface area contributed by atoms with Gasteiger partial charge in [0.05, 0.1) is 0 Å². The minimum atomic E-state index is -1.05. The van der Waals surface area contributed by atoms with E-state index in [0.717, 1.165) is 0 Å². The van der Waals surface area contributed by atoms with Crippen LogP contribution in [0.4, 0.5) is 0 Å². The molecule has 0 spiro atoms. The molecule has 0 bridgehead atoms. The fourth-order valence-electron chi connectivity index (χ4n) is 0.385. The molecule has 0 aromatic rings. The smallest absolute Gasteiger partial charge is 0.163 e. The van der Waals surface area contributed by atoms with Gasteiger partial charge in [-0.25, -0.2) is 0 Å². The van der Waals surface area contributed by atoms with Crippen LogP contribution in [0.1, 0.15) is 13.8 Å². The van der Waals surface area contributed by atoms with Gasteiger partial charge in [-0.2, -0.15) is 0 Å². The Kier molecular flexibility index (Phi) is 2.69. The summed E-state index contributed by atoms with van der Waals surface area (Å²) in [6, 6.07) is 0. The summed E-state index contributed by atoms with van der Waals surface area (Å²) in [6.45, 7) is 6.63. The fraction of sp³-hybridized carbons (Fsp3) is 0.667. The van der Waals surface area contributed by atoms with Crippen molar-refractivity contribution in [2.24, 2.45) is 5.92 Å². The zero-order chi connectivity index (χ0) is 6.73. The van der Waals surface area contributed by atoms with Gasteiger partial charge in [0.1, 0.15) is 6.10 Å². The van der Waals surface area contributed by atoms with E-state index in [-0.39, 0.29) is 11.7 Å². The number of carbonyl (C=O) groups is 1. The number of aliphatic hydroxyl groups is 1. The second kappa shape index (κ2) is 2.82. The highest BCUT2D eigenvalue weighted by Crippen LogP contribution is 1.96. The molecule has 2 heteroatoms. The molecule has 0 heterocycles. The van der Waals surface area contributed by atoms with E-state index in [1.54, 1.807) is 13.8 Å². The van der Waals surface area contributed by atoms with Crippen LogP contribution in [0, 0.1) is 12.8 Å². The van der Waals surface area contributed by atoms with Gasteiger partial charge in [0, 0.05) is 5.92 Å². The van der Waals surface area contributed by atoms with Gasteiger partial charge >= 0.3 is 0 Å². The van der Waals surface area contributed by atoms with Crippen LogP contribution in [0.15, 0.2) is 0 Å². The number of Topliss-reactive ketones (excluding diaryl/α,β-unsaturated/α-hetero) is 1. The molecule has 47 valence electrons. The predicted molar refractivity (Wildman–Crippen MR) is 31.2 cm³/mol. The Bertz CT molecular complexity index is 74.5. The lowest BCUT2D eigenvalue weighted by molar-refractivity contribution is -0.128. The maximum Gasteiger partial charge on any atom is 0.163 e. The lowest BCUT2D eigenvalue weighted by Crippen LogP contribution is -2.21. The Morgan fingerprint density at radius 1 is 1.62 bits per heavy atom. The van der Waals surface area contributed by atoms with Gasteiger partial charge in [0.2, 0.25) is 0 Å². The van der Waals surface area contributed by atoms with Crippen molar-refractivity contribution < 1.29 is 9.90 Å². The third-order valence-electron chi connectivity index (χ3n) is 0.897. The highest BCUT2D eigenvalue weighted by molar-refractivity contribution is 5.85. The summed E-state index contributed by atoms with van der Waals surface area (Å²) in [4.78, 5) is 10.5. The van der Waals surface area contributed by atoms with E-state index in [4.69, 9.17) is 5.11 Å². The van der Waals surface area contributed by atoms with Gasteiger partial charge in [0.25, 0.3) is 0 Å². The first kappa shape index (κ1) is 7.63. The maximum atomic E-state index is 10.5. The average Bonchev–Trinajstić information content (AvgIpc) is 1.64. The first-order chi connectivity index (χ1) is 3.55. The van der Waals surface area contributed by atoms with Crippen LogP contribution in [-0.4, -0.2) is 17.0 Å². The molecule has 1 atom stereocenters. The van der Waals surface area contributed by atoms with E-state index in [1.165, 1.54) is 0 Å². The summed E-state index contributed by atoms with van der Waals surface area (Å²) < 4.78 is 0. The number of hydrogen-bond acceptors (Lipinski definition) is 2. The largest absolute Gasteiger partial charge is 0.385 e. The molecule has 0 rings (SSSR count). The molecule has 0 saturated heterocycles. The van der Waals surface area contributed by atoms with Crippen molar-refractivity contribution in [3.05, 3.63) is 6.92 Å². The highest BCUT2D eigenvalue weighted by Gasteiger charge is 2.11. The standard InChI is InChI=1S/C6H11O2/c1-4(2)6(8)5(3)7/h4-5,7H,3H2,1-2H3. The molecule has 8 heavy (non-hydrogen) atoms. The topological polar surface area (TPSA) is 37.3 Å². The van der Waals surface area contributed by atoms with Crippen LogP contribution in [0.3, 0.4) is 0 Å². The summed E-state index contributed by atoms with van der Waals surface area (Å²) >= 11 is 0. The van der Waals surface area contributed by atoms with Gasteiger partial charge < -0.3 is 5.11 Å². The van der Waals surface area contributed by atoms with Crippen molar-refractivity contribution >= 4 is 5.78 Å². The molecule has 0 aliphatic rings. The number of hydrogen-bond donors (Lipinski definition) is 1. The molecule has 0 aromatic heterocycles. The van der Waals surface area contributed by atoms with Crippen molar-refractivity contribution in [1.29, 1.82) is 0 Å². The van der Waals surface area contributed by atoms with Crippen LogP contribution >= 0.6 is 0 Å². The van der Waals surface area contributed by atoms with Crippen LogP contribution in [-0.2, 0) is 4.79 Å². The molecular formula is C6H11O2. The second-order valence-corrected chi connectivity index (χ2v) is 2.07. The van der Waals surface area contributed by atoms with E-state index >= 15 is 0 Å². The molecule has 0 amide bonds. The Labute approximate surface area is 49.5 Å². The lowest BCUT2D eigenvalue weighted by Gasteiger charge is -2.04. The summed E-state index contributed by atoms with van der Waals surface area (Å²) in [7, 11) is 0. The molecule has 0 aliphatic carbocycles. The van der Waals surface area contributed by atoms with Gasteiger partial charge in [-0.05, 0) is 6.92 Å². The Morgan fingerprint density at radius 2 is 2.00 bits per heavy atom. The SMILES string of the molecule is [CH2]C(O)C(=O)C(C)C. The van der Waals surface area contributed by atoms with Gasteiger partial charge in [-0.1, -0.05) is 13.8 Å². The molecule has 1 unspecified atom stereocenters. The van der Waals surface area contributed by atoms with Crippen LogP contribution < -0.4 is 0 Å². The number of carbonyl (C=O) groups excluding carboxylic acids is 1. The zero-order valence-corrected chi connectivity index (χ0v) is 5.22. The molecule has 1 N–H and O–H groups in total. The van der Waals surface area contributed by atoms with Gasteiger partial charge in [-0.3, -0.25) is 4.79 Å². The number of rotatable bonds is 2. The molecule has 0 aromatic carbocycles. The van der Waals surface area contributed by atoms with E-state index in [2.05, 4.69) is 6.92 Å². The number of ketones is 1. The number of aliphatic hydroxyl groups excluding tert-OH is 1. The minimum absolute atomic E-state index is 0.109. The van der Waals surface area contributed by atoms with Crippen molar-refractivity contribution in [3.8, 4) is 0 Å². The third kappa shape index (κ3) is 2.07. The summed E-state index contributed by atoms with van der Waals surface area (Å²) in [5.41, 5.74) is 0. The zero-order valence-electron chi connectivity index (χ0n) is 5.22. The Morgan fingerprint density at radius 3 is 2.00 bits per heavy atom. The van der Waals surface area contributed by atoms with Gasteiger partial charge in [-0.15, -0.1) is 0 Å². The van der Waals surface area contributed by atoms with E-state index in [9.17, 15) is 4.79 Å². The highest BCUT2D eigenvalue weighted by atomic mass is 16.3.